The second kappa shape index (κ2) is 15.5. The highest BCUT2D eigenvalue weighted by Gasteiger charge is 2.25. The Kier molecular flexibility index (Phi) is 11.3. The van der Waals surface area contributed by atoms with Crippen molar-refractivity contribution >= 4 is 69.6 Å². The topological polar surface area (TPSA) is 131 Å². The Labute approximate surface area is 310 Å². The maximum absolute atomic E-state index is 13.4. The Balaban J connectivity index is 1.18. The first kappa shape index (κ1) is 36.5. The summed E-state index contributed by atoms with van der Waals surface area (Å²) in [6, 6.07) is 13.7. The van der Waals surface area contributed by atoms with Crippen LogP contribution in [-0.2, 0) is 13.1 Å². The van der Waals surface area contributed by atoms with E-state index in [2.05, 4.69) is 30.4 Å². The van der Waals surface area contributed by atoms with Gasteiger partial charge in [0.05, 0.1) is 43.7 Å². The Bertz CT molecular complexity index is 1820. The summed E-state index contributed by atoms with van der Waals surface area (Å²) in [7, 11) is 0. The van der Waals surface area contributed by atoms with Gasteiger partial charge in [-0.15, -0.1) is 0 Å². The van der Waals surface area contributed by atoms with E-state index in [4.69, 9.17) is 46.4 Å². The number of aliphatic hydroxyl groups is 2. The first-order chi connectivity index (χ1) is 23.9. The zero-order chi connectivity index (χ0) is 35.7. The fourth-order valence-electron chi connectivity index (χ4n) is 6.31. The Morgan fingerprint density at radius 3 is 1.48 bits per heavy atom. The molecule has 0 spiro atoms. The number of halogens is 4. The number of aliphatic hydroxyl groups excluding tert-OH is 2. The van der Waals surface area contributed by atoms with Crippen LogP contribution in [0.2, 0.25) is 20.1 Å². The van der Waals surface area contributed by atoms with Gasteiger partial charge in [0.2, 0.25) is 0 Å². The molecule has 0 aliphatic carbocycles. The molecule has 2 aliphatic rings. The lowest BCUT2D eigenvalue weighted by Crippen LogP contribution is -2.23. The molecule has 2 fully saturated rings. The summed E-state index contributed by atoms with van der Waals surface area (Å²) in [5.41, 5.74) is 4.89. The molecule has 10 nitrogen and oxygen atoms in total. The molecule has 14 heteroatoms. The number of rotatable bonds is 9. The highest BCUT2D eigenvalue weighted by atomic mass is 35.5. The summed E-state index contributed by atoms with van der Waals surface area (Å²) in [5.74, 6) is -1.06. The Morgan fingerprint density at radius 2 is 1.12 bits per heavy atom. The fourth-order valence-corrected chi connectivity index (χ4v) is 7.38. The quantitative estimate of drug-likeness (QED) is 0.144. The van der Waals surface area contributed by atoms with E-state index in [1.807, 2.05) is 13.8 Å². The molecule has 4 N–H and O–H groups in total. The number of hydrogen-bond donors (Lipinski definition) is 4. The van der Waals surface area contributed by atoms with Crippen molar-refractivity contribution < 1.29 is 19.8 Å². The summed E-state index contributed by atoms with van der Waals surface area (Å²) < 4.78 is 0. The number of aromatic nitrogens is 2. The fraction of sp³-hybridized carbons (Fsp3) is 0.333. The number of carbonyl (C=O) groups excluding carboxylic acids is 2. The van der Waals surface area contributed by atoms with Crippen molar-refractivity contribution in [3.8, 4) is 11.1 Å². The van der Waals surface area contributed by atoms with Crippen molar-refractivity contribution in [2.45, 2.75) is 52.0 Å². The van der Waals surface area contributed by atoms with Crippen LogP contribution in [0.3, 0.4) is 0 Å². The normalized spacial score (nSPS) is 18.1. The summed E-state index contributed by atoms with van der Waals surface area (Å²) in [4.78, 5) is 40.0. The van der Waals surface area contributed by atoms with Crippen molar-refractivity contribution in [3.63, 3.8) is 0 Å². The zero-order valence-electron chi connectivity index (χ0n) is 27.4. The number of amides is 2. The van der Waals surface area contributed by atoms with Crippen LogP contribution < -0.4 is 10.6 Å². The third kappa shape index (κ3) is 8.09. The van der Waals surface area contributed by atoms with Crippen LogP contribution in [0.5, 0.6) is 0 Å². The van der Waals surface area contributed by atoms with Crippen LogP contribution >= 0.6 is 46.4 Å². The predicted molar refractivity (Wildman–Crippen MR) is 198 cm³/mol. The molecular formula is C36H36Cl4N6O4. The molecule has 0 saturated carbocycles. The van der Waals surface area contributed by atoms with Gasteiger partial charge >= 0.3 is 0 Å². The number of nitrogens with one attached hydrogen (secondary N) is 2. The van der Waals surface area contributed by atoms with E-state index < -0.39 is 11.8 Å². The van der Waals surface area contributed by atoms with Gasteiger partial charge in [-0.2, -0.15) is 0 Å². The second-order valence-electron chi connectivity index (χ2n) is 12.7. The number of nitrogens with zero attached hydrogens (tertiary/aromatic N) is 4. The van der Waals surface area contributed by atoms with Gasteiger partial charge in [-0.05, 0) is 62.1 Å². The Hall–Kier alpha value is -3.32. The minimum Gasteiger partial charge on any atom is -0.392 e. The van der Waals surface area contributed by atoms with E-state index in [-0.39, 0.29) is 43.7 Å². The van der Waals surface area contributed by atoms with Gasteiger partial charge in [0.15, 0.2) is 0 Å². The highest BCUT2D eigenvalue weighted by molar-refractivity contribution is 6.40. The molecule has 6 rings (SSSR count). The molecule has 0 bridgehead atoms. The first-order valence-electron chi connectivity index (χ1n) is 16.2. The van der Waals surface area contributed by atoms with Crippen LogP contribution in [0.25, 0.3) is 11.1 Å². The standard InChI is InChI=1S/C36H36Cl4N6O4/c1-19-21(15-45-11-9-23(47)17-45)13-27(37)33(41-19)35(49)43-29-7-3-5-25(31(29)39)26-6-4-8-30(32(26)40)44-36(50)34-28(38)14-22(20(2)42-34)16-46-12-10-24(48)18-46/h3-8,13-14,23-24,47-48H,9-12,15-18H2,1-2H3,(H,43,49)(H,44,50)/t23-,24-/m1/s1. The third-order valence-electron chi connectivity index (χ3n) is 9.04. The van der Waals surface area contributed by atoms with E-state index in [0.29, 0.717) is 60.1 Å². The zero-order valence-corrected chi connectivity index (χ0v) is 30.5. The first-order valence-corrected chi connectivity index (χ1v) is 17.7. The number of hydrogen-bond acceptors (Lipinski definition) is 8. The van der Waals surface area contributed by atoms with Crippen LogP contribution in [0.4, 0.5) is 11.4 Å². The monoisotopic (exact) mass is 756 g/mol. The number of benzene rings is 2. The van der Waals surface area contributed by atoms with Crippen molar-refractivity contribution in [1.29, 1.82) is 0 Å². The molecule has 0 unspecified atom stereocenters. The van der Waals surface area contributed by atoms with E-state index >= 15 is 0 Å². The van der Waals surface area contributed by atoms with E-state index in [0.717, 1.165) is 37.1 Å². The molecule has 2 aromatic heterocycles. The minimum atomic E-state index is -0.531. The van der Waals surface area contributed by atoms with Gasteiger partial charge in [-0.25, -0.2) is 9.97 Å². The lowest BCUT2D eigenvalue weighted by Gasteiger charge is -2.18. The maximum Gasteiger partial charge on any atom is 0.275 e. The van der Waals surface area contributed by atoms with Gasteiger partial charge < -0.3 is 20.8 Å². The lowest BCUT2D eigenvalue weighted by molar-refractivity contribution is 0.101. The largest absolute Gasteiger partial charge is 0.392 e. The molecule has 262 valence electrons. The third-order valence-corrected chi connectivity index (χ3v) is 10.4. The molecular weight excluding hydrogens is 722 g/mol. The van der Waals surface area contributed by atoms with Crippen molar-refractivity contribution in [3.05, 3.63) is 103 Å². The van der Waals surface area contributed by atoms with E-state index in [9.17, 15) is 19.8 Å². The molecule has 4 aromatic rings. The molecule has 2 aromatic carbocycles. The van der Waals surface area contributed by atoms with Crippen LogP contribution in [-0.4, -0.2) is 80.2 Å². The molecule has 50 heavy (non-hydrogen) atoms. The van der Waals surface area contributed by atoms with E-state index in [1.54, 1.807) is 48.5 Å². The molecule has 0 radical (unpaired) electrons. The van der Waals surface area contributed by atoms with Crippen LogP contribution in [0.1, 0.15) is 56.3 Å². The molecule has 2 atom stereocenters. The molecule has 2 saturated heterocycles. The average molecular weight is 759 g/mol. The van der Waals surface area contributed by atoms with Gasteiger partial charge in [0, 0.05) is 61.8 Å². The maximum atomic E-state index is 13.4. The van der Waals surface area contributed by atoms with Gasteiger partial charge in [-0.3, -0.25) is 19.4 Å². The second-order valence-corrected chi connectivity index (χ2v) is 14.3. The number of likely N-dealkylation sites (tertiary alicyclic amines) is 2. The van der Waals surface area contributed by atoms with Gasteiger partial charge in [-0.1, -0.05) is 70.7 Å². The average Bonchev–Trinajstić information content (AvgIpc) is 3.68. The van der Waals surface area contributed by atoms with Gasteiger partial charge in [0.25, 0.3) is 11.8 Å². The number of anilines is 2. The van der Waals surface area contributed by atoms with Gasteiger partial charge in [0.1, 0.15) is 11.4 Å². The number of carbonyl (C=O) groups is 2. The lowest BCUT2D eigenvalue weighted by atomic mass is 10.0. The SMILES string of the molecule is Cc1nc(C(=O)Nc2cccc(-c3cccc(NC(=O)c4nc(C)c(CN5CC[C@@H](O)C5)cc4Cl)c3Cl)c2Cl)c(Cl)cc1CN1CC[C@@H](O)C1. The smallest absolute Gasteiger partial charge is 0.275 e. The molecule has 2 amide bonds. The number of aryl methyl sites for hydroxylation is 2. The van der Waals surface area contributed by atoms with E-state index in [1.165, 1.54) is 0 Å². The predicted octanol–water partition coefficient (Wildman–Crippen LogP) is 7.01. The number of β-amino-alcohol motifs (C(OH)–C–C–N with tert-alkyl or cyclic N) is 2. The minimum absolute atomic E-state index is 0.0592. The summed E-state index contributed by atoms with van der Waals surface area (Å²) in [6.45, 7) is 7.51. The molecule has 4 heterocycles. The van der Waals surface area contributed by atoms with Crippen LogP contribution in [0.15, 0.2) is 48.5 Å². The highest BCUT2D eigenvalue weighted by Crippen LogP contribution is 2.40. The van der Waals surface area contributed by atoms with Crippen molar-refractivity contribution in [2.24, 2.45) is 0 Å². The number of pyridine rings is 2. The van der Waals surface area contributed by atoms with Crippen molar-refractivity contribution in [1.82, 2.24) is 19.8 Å². The van der Waals surface area contributed by atoms with Crippen LogP contribution in [0, 0.1) is 13.8 Å². The Morgan fingerprint density at radius 1 is 0.720 bits per heavy atom. The summed E-state index contributed by atoms with van der Waals surface area (Å²) in [6.07, 6.45) is 0.759. The summed E-state index contributed by atoms with van der Waals surface area (Å²) in [5, 5.41) is 26.2. The van der Waals surface area contributed by atoms with Crippen molar-refractivity contribution in [2.75, 3.05) is 36.8 Å². The molecule has 2 aliphatic heterocycles. The summed E-state index contributed by atoms with van der Waals surface area (Å²) >= 11 is 26.7.